The van der Waals surface area contributed by atoms with Crippen molar-refractivity contribution in [3.63, 3.8) is 0 Å². The normalized spacial score (nSPS) is 9.91. The van der Waals surface area contributed by atoms with E-state index in [1.165, 1.54) is 0 Å². The Hall–Kier alpha value is -2.91. The second-order valence-corrected chi connectivity index (χ2v) is 5.63. The van der Waals surface area contributed by atoms with E-state index >= 15 is 0 Å². The number of anilines is 4. The Bertz CT molecular complexity index is 873. The van der Waals surface area contributed by atoms with Crippen molar-refractivity contribution < 1.29 is 0 Å². The molecule has 2 N–H and O–H groups in total. The number of nitrogens with zero attached hydrogens (tertiary/aromatic N) is 3. The summed E-state index contributed by atoms with van der Waals surface area (Å²) in [6.45, 7) is 0. The van der Waals surface area contributed by atoms with Crippen molar-refractivity contribution >= 4 is 39.1 Å². The van der Waals surface area contributed by atoms with E-state index in [1.54, 1.807) is 24.4 Å². The third-order valence-corrected chi connectivity index (χ3v) is 3.49. The Morgan fingerprint density at radius 1 is 0.957 bits per heavy atom. The first-order valence-electron chi connectivity index (χ1n) is 6.86. The third-order valence-electron chi connectivity index (χ3n) is 3.00. The number of halogens is 1. The fourth-order valence-electron chi connectivity index (χ4n) is 2.00. The Morgan fingerprint density at radius 3 is 2.52 bits per heavy atom. The zero-order valence-electron chi connectivity index (χ0n) is 12.0. The van der Waals surface area contributed by atoms with Crippen LogP contribution in [0.3, 0.4) is 0 Å². The van der Waals surface area contributed by atoms with Crippen LogP contribution in [-0.2, 0) is 0 Å². The van der Waals surface area contributed by atoms with Crippen LogP contribution in [0.25, 0.3) is 0 Å². The molecule has 23 heavy (non-hydrogen) atoms. The smallest absolute Gasteiger partial charge is 0.229 e. The van der Waals surface area contributed by atoms with Crippen molar-refractivity contribution in [1.82, 2.24) is 9.97 Å². The molecule has 0 atom stereocenters. The second kappa shape index (κ2) is 6.90. The first kappa shape index (κ1) is 15.0. The van der Waals surface area contributed by atoms with Crippen molar-refractivity contribution in [2.24, 2.45) is 0 Å². The molecule has 6 heteroatoms. The van der Waals surface area contributed by atoms with Crippen molar-refractivity contribution in [3.8, 4) is 6.07 Å². The lowest BCUT2D eigenvalue weighted by atomic mass is 10.2. The van der Waals surface area contributed by atoms with Gasteiger partial charge in [0.15, 0.2) is 0 Å². The molecule has 0 spiro atoms. The average molecular weight is 366 g/mol. The zero-order chi connectivity index (χ0) is 16.1. The molecule has 0 aliphatic carbocycles. The Labute approximate surface area is 142 Å². The van der Waals surface area contributed by atoms with Crippen LogP contribution in [0.5, 0.6) is 0 Å². The summed E-state index contributed by atoms with van der Waals surface area (Å²) in [4.78, 5) is 8.61. The maximum absolute atomic E-state index is 8.94. The molecule has 0 saturated heterocycles. The third kappa shape index (κ3) is 4.05. The maximum Gasteiger partial charge on any atom is 0.229 e. The number of hydrogen-bond donors (Lipinski definition) is 2. The molecule has 1 aromatic heterocycles. The lowest BCUT2D eigenvalue weighted by molar-refractivity contribution is 1.16. The van der Waals surface area contributed by atoms with Gasteiger partial charge in [0.05, 0.1) is 11.6 Å². The van der Waals surface area contributed by atoms with Crippen molar-refractivity contribution in [3.05, 3.63) is 70.8 Å². The van der Waals surface area contributed by atoms with Gasteiger partial charge in [-0.05, 0) is 42.5 Å². The maximum atomic E-state index is 8.94. The lowest BCUT2D eigenvalue weighted by Crippen LogP contribution is -2.00. The van der Waals surface area contributed by atoms with E-state index in [4.69, 9.17) is 5.26 Å². The molecule has 0 aliphatic heterocycles. The molecule has 0 unspecified atom stereocenters. The van der Waals surface area contributed by atoms with Crippen LogP contribution in [-0.4, -0.2) is 9.97 Å². The molecule has 112 valence electrons. The van der Waals surface area contributed by atoms with E-state index in [9.17, 15) is 0 Å². The number of aromatic nitrogens is 2. The fraction of sp³-hybridized carbons (Fsp3) is 0. The number of hydrogen-bond acceptors (Lipinski definition) is 5. The van der Waals surface area contributed by atoms with E-state index in [0.717, 1.165) is 15.8 Å². The molecule has 0 saturated carbocycles. The van der Waals surface area contributed by atoms with Gasteiger partial charge >= 0.3 is 0 Å². The SMILES string of the molecule is N#Cc1cccc(Nc2nccc(Nc3cccc(Br)c3)n2)c1. The van der Waals surface area contributed by atoms with Gasteiger partial charge in [-0.15, -0.1) is 0 Å². The van der Waals surface area contributed by atoms with Gasteiger partial charge in [-0.3, -0.25) is 0 Å². The van der Waals surface area contributed by atoms with Crippen LogP contribution in [0, 0.1) is 11.3 Å². The van der Waals surface area contributed by atoms with Crippen LogP contribution < -0.4 is 10.6 Å². The summed E-state index contributed by atoms with van der Waals surface area (Å²) >= 11 is 3.44. The average Bonchev–Trinajstić information content (AvgIpc) is 2.55. The lowest BCUT2D eigenvalue weighted by Gasteiger charge is -2.09. The van der Waals surface area contributed by atoms with Crippen molar-refractivity contribution in [2.75, 3.05) is 10.6 Å². The highest BCUT2D eigenvalue weighted by atomic mass is 79.9. The van der Waals surface area contributed by atoms with Crippen LogP contribution >= 0.6 is 15.9 Å². The largest absolute Gasteiger partial charge is 0.340 e. The highest BCUT2D eigenvalue weighted by Gasteiger charge is 2.02. The van der Waals surface area contributed by atoms with Crippen LogP contribution in [0.1, 0.15) is 5.56 Å². The molecular weight excluding hydrogens is 354 g/mol. The molecule has 0 bridgehead atoms. The predicted molar refractivity (Wildman–Crippen MR) is 93.9 cm³/mol. The topological polar surface area (TPSA) is 73.6 Å². The monoisotopic (exact) mass is 365 g/mol. The van der Waals surface area contributed by atoms with Crippen LogP contribution in [0.15, 0.2) is 65.3 Å². The second-order valence-electron chi connectivity index (χ2n) is 4.72. The Kier molecular flexibility index (Phi) is 4.50. The minimum absolute atomic E-state index is 0.458. The van der Waals surface area contributed by atoms with E-state index in [-0.39, 0.29) is 0 Å². The van der Waals surface area contributed by atoms with E-state index in [1.807, 2.05) is 36.4 Å². The molecule has 1 heterocycles. The number of rotatable bonds is 4. The van der Waals surface area contributed by atoms with Crippen molar-refractivity contribution in [1.29, 1.82) is 5.26 Å². The summed E-state index contributed by atoms with van der Waals surface area (Å²) in [6, 6.07) is 18.9. The van der Waals surface area contributed by atoms with Crippen molar-refractivity contribution in [2.45, 2.75) is 0 Å². The molecule has 5 nitrogen and oxygen atoms in total. The van der Waals surface area contributed by atoms with E-state index in [2.05, 4.69) is 42.6 Å². The summed E-state index contributed by atoms with van der Waals surface area (Å²) in [5.41, 5.74) is 2.28. The Balaban J connectivity index is 1.78. The van der Waals surface area contributed by atoms with Gasteiger partial charge in [0.1, 0.15) is 5.82 Å². The minimum Gasteiger partial charge on any atom is -0.340 e. The molecule has 2 aromatic carbocycles. The highest BCUT2D eigenvalue weighted by molar-refractivity contribution is 9.10. The molecule has 0 fully saturated rings. The van der Waals surface area contributed by atoms with Gasteiger partial charge in [0, 0.05) is 22.0 Å². The predicted octanol–water partition coefficient (Wildman–Crippen LogP) is 4.60. The highest BCUT2D eigenvalue weighted by Crippen LogP contribution is 2.20. The number of nitrogens with one attached hydrogen (secondary N) is 2. The molecule has 3 rings (SSSR count). The van der Waals surface area contributed by atoms with Crippen LogP contribution in [0.4, 0.5) is 23.1 Å². The first-order valence-corrected chi connectivity index (χ1v) is 7.65. The summed E-state index contributed by atoms with van der Waals surface area (Å²) in [5, 5.41) is 15.2. The van der Waals surface area contributed by atoms with Gasteiger partial charge in [-0.1, -0.05) is 28.1 Å². The molecule has 0 amide bonds. The van der Waals surface area contributed by atoms with Gasteiger partial charge in [-0.2, -0.15) is 10.2 Å². The fourth-order valence-corrected chi connectivity index (χ4v) is 2.40. The summed E-state index contributed by atoms with van der Waals surface area (Å²) in [7, 11) is 0. The standard InChI is InChI=1S/C17H12BrN5/c18-13-4-2-6-15(10-13)21-16-7-8-20-17(23-16)22-14-5-1-3-12(9-14)11-19/h1-10H,(H2,20,21,22,23). The Morgan fingerprint density at radius 2 is 1.74 bits per heavy atom. The minimum atomic E-state index is 0.458. The van der Waals surface area contributed by atoms with E-state index in [0.29, 0.717) is 17.3 Å². The molecule has 0 radical (unpaired) electrons. The van der Waals surface area contributed by atoms with Gasteiger partial charge in [0.25, 0.3) is 0 Å². The van der Waals surface area contributed by atoms with Gasteiger partial charge in [0.2, 0.25) is 5.95 Å². The van der Waals surface area contributed by atoms with E-state index < -0.39 is 0 Å². The first-order chi connectivity index (χ1) is 11.2. The van der Waals surface area contributed by atoms with Crippen LogP contribution in [0.2, 0.25) is 0 Å². The summed E-state index contributed by atoms with van der Waals surface area (Å²) in [5.74, 6) is 1.14. The van der Waals surface area contributed by atoms with Gasteiger partial charge in [-0.25, -0.2) is 4.98 Å². The molecule has 3 aromatic rings. The molecular formula is C17H12BrN5. The summed E-state index contributed by atoms with van der Waals surface area (Å²) in [6.07, 6.45) is 1.67. The van der Waals surface area contributed by atoms with Gasteiger partial charge < -0.3 is 10.6 Å². The quantitative estimate of drug-likeness (QED) is 0.706. The number of nitriles is 1. The molecule has 0 aliphatic rings. The summed E-state index contributed by atoms with van der Waals surface area (Å²) < 4.78 is 0.989. The number of benzene rings is 2. The zero-order valence-corrected chi connectivity index (χ0v) is 13.6.